The van der Waals surface area contributed by atoms with Crippen molar-refractivity contribution in [2.45, 2.75) is 51.5 Å². The van der Waals surface area contributed by atoms with E-state index in [4.69, 9.17) is 5.84 Å². The quantitative estimate of drug-likeness (QED) is 0.664. The Morgan fingerprint density at radius 1 is 1.29 bits per heavy atom. The van der Waals surface area contributed by atoms with Crippen LogP contribution >= 0.6 is 11.3 Å². The molecule has 1 aliphatic rings. The van der Waals surface area contributed by atoms with Crippen LogP contribution in [0.2, 0.25) is 0 Å². The molecule has 0 aliphatic heterocycles. The summed E-state index contributed by atoms with van der Waals surface area (Å²) in [4.78, 5) is 1.56. The minimum Gasteiger partial charge on any atom is -0.271 e. The Morgan fingerprint density at radius 2 is 2.05 bits per heavy atom. The Kier molecular flexibility index (Phi) is 4.43. The third-order valence-electron chi connectivity index (χ3n) is 4.87. The van der Waals surface area contributed by atoms with E-state index in [2.05, 4.69) is 48.9 Å². The number of hydrogen-bond donors (Lipinski definition) is 2. The molecule has 0 saturated carbocycles. The van der Waals surface area contributed by atoms with E-state index < -0.39 is 0 Å². The van der Waals surface area contributed by atoms with Gasteiger partial charge < -0.3 is 0 Å². The van der Waals surface area contributed by atoms with Crippen molar-refractivity contribution in [3.63, 3.8) is 0 Å². The first-order chi connectivity index (χ1) is 10.2. The van der Waals surface area contributed by atoms with Gasteiger partial charge in [0.2, 0.25) is 0 Å². The Balaban J connectivity index is 1.87. The molecule has 2 unspecified atom stereocenters. The van der Waals surface area contributed by atoms with E-state index >= 15 is 0 Å². The number of nitrogens with one attached hydrogen (secondary N) is 1. The maximum Gasteiger partial charge on any atom is 0.0320 e. The smallest absolute Gasteiger partial charge is 0.0320 e. The zero-order chi connectivity index (χ0) is 14.8. The molecule has 1 aromatic carbocycles. The van der Waals surface area contributed by atoms with Gasteiger partial charge in [0.15, 0.2) is 0 Å². The molecule has 112 valence electrons. The van der Waals surface area contributed by atoms with Crippen LogP contribution in [0.4, 0.5) is 0 Å². The molecule has 3 N–H and O–H groups in total. The van der Waals surface area contributed by atoms with Crippen molar-refractivity contribution < 1.29 is 0 Å². The second-order valence-corrected chi connectivity index (χ2v) is 7.15. The summed E-state index contributed by atoms with van der Waals surface area (Å²) < 4.78 is 0. The first-order valence-electron chi connectivity index (χ1n) is 7.78. The minimum atomic E-state index is 0.318. The summed E-state index contributed by atoms with van der Waals surface area (Å²) in [6.45, 7) is 4.40. The van der Waals surface area contributed by atoms with E-state index in [1.165, 1.54) is 41.5 Å². The number of fused-ring (bicyclic) bond motifs is 1. The van der Waals surface area contributed by atoms with E-state index in [1.54, 1.807) is 4.88 Å². The highest BCUT2D eigenvalue weighted by atomic mass is 32.1. The summed E-state index contributed by atoms with van der Waals surface area (Å²) >= 11 is 1.90. The summed E-state index contributed by atoms with van der Waals surface area (Å²) in [5, 5.41) is 2.23. The van der Waals surface area contributed by atoms with Crippen LogP contribution in [0.3, 0.4) is 0 Å². The molecule has 0 spiro atoms. The molecule has 2 aromatic rings. The molecule has 0 bridgehead atoms. The van der Waals surface area contributed by atoms with Gasteiger partial charge in [-0.05, 0) is 73.2 Å². The van der Waals surface area contributed by atoms with Crippen molar-refractivity contribution in [1.82, 2.24) is 5.43 Å². The lowest BCUT2D eigenvalue weighted by molar-refractivity contribution is 0.396. The Labute approximate surface area is 131 Å². The molecule has 0 saturated heterocycles. The van der Waals surface area contributed by atoms with E-state index in [0.717, 1.165) is 6.42 Å². The Hall–Kier alpha value is -1.16. The first-order valence-corrected chi connectivity index (χ1v) is 8.66. The summed E-state index contributed by atoms with van der Waals surface area (Å²) in [5.74, 6) is 6.48. The van der Waals surface area contributed by atoms with Crippen LogP contribution in [0, 0.1) is 13.8 Å². The molecule has 0 amide bonds. The van der Waals surface area contributed by atoms with Crippen LogP contribution in [0.25, 0.3) is 0 Å². The van der Waals surface area contributed by atoms with Gasteiger partial charge in [0.1, 0.15) is 0 Å². The van der Waals surface area contributed by atoms with E-state index in [9.17, 15) is 0 Å². The molecule has 0 radical (unpaired) electrons. The van der Waals surface area contributed by atoms with Gasteiger partial charge in [-0.2, -0.15) is 0 Å². The third kappa shape index (κ3) is 2.91. The number of benzene rings is 1. The van der Waals surface area contributed by atoms with Gasteiger partial charge in [0.05, 0.1) is 0 Å². The molecule has 2 nitrogen and oxygen atoms in total. The normalized spacial score (nSPS) is 19.3. The third-order valence-corrected chi connectivity index (χ3v) is 5.86. The minimum absolute atomic E-state index is 0.318. The SMILES string of the molecule is Cc1cccc(C)c1CC(NN)C1CCCc2sccc21. The number of aryl methyl sites for hydroxylation is 3. The molecule has 3 heteroatoms. The predicted molar refractivity (Wildman–Crippen MR) is 90.7 cm³/mol. The Bertz CT molecular complexity index is 597. The van der Waals surface area contributed by atoms with Crippen molar-refractivity contribution in [3.05, 3.63) is 56.8 Å². The van der Waals surface area contributed by atoms with Gasteiger partial charge in [-0.1, -0.05) is 18.2 Å². The number of rotatable bonds is 4. The van der Waals surface area contributed by atoms with Crippen LogP contribution in [0.1, 0.15) is 45.9 Å². The van der Waals surface area contributed by atoms with Crippen LogP contribution < -0.4 is 11.3 Å². The topological polar surface area (TPSA) is 38.0 Å². The van der Waals surface area contributed by atoms with Gasteiger partial charge in [-0.25, -0.2) is 0 Å². The molecule has 1 aromatic heterocycles. The second kappa shape index (κ2) is 6.30. The maximum atomic E-state index is 5.93. The van der Waals surface area contributed by atoms with Crippen molar-refractivity contribution >= 4 is 11.3 Å². The van der Waals surface area contributed by atoms with Crippen LogP contribution in [-0.2, 0) is 12.8 Å². The average molecular weight is 300 g/mol. The Morgan fingerprint density at radius 3 is 2.76 bits per heavy atom. The lowest BCUT2D eigenvalue weighted by Crippen LogP contribution is -2.42. The monoisotopic (exact) mass is 300 g/mol. The largest absolute Gasteiger partial charge is 0.271 e. The molecule has 3 rings (SSSR count). The summed E-state index contributed by atoms with van der Waals surface area (Å²) in [6, 6.07) is 9.16. The highest BCUT2D eigenvalue weighted by Crippen LogP contribution is 2.38. The predicted octanol–water partition coefficient (Wildman–Crippen LogP) is 3.86. The van der Waals surface area contributed by atoms with Gasteiger partial charge in [0, 0.05) is 16.8 Å². The fourth-order valence-electron chi connectivity index (χ4n) is 3.65. The first kappa shape index (κ1) is 14.8. The summed E-state index contributed by atoms with van der Waals surface area (Å²) in [5.41, 5.74) is 8.83. The highest BCUT2D eigenvalue weighted by Gasteiger charge is 2.28. The van der Waals surface area contributed by atoms with Gasteiger partial charge in [-0.3, -0.25) is 11.3 Å². The van der Waals surface area contributed by atoms with Gasteiger partial charge in [0.25, 0.3) is 0 Å². The van der Waals surface area contributed by atoms with Crippen molar-refractivity contribution in [2.75, 3.05) is 0 Å². The van der Waals surface area contributed by atoms with Crippen molar-refractivity contribution in [2.24, 2.45) is 5.84 Å². The zero-order valence-corrected chi connectivity index (χ0v) is 13.7. The van der Waals surface area contributed by atoms with Crippen molar-refractivity contribution in [1.29, 1.82) is 0 Å². The van der Waals surface area contributed by atoms with Crippen LogP contribution in [0.5, 0.6) is 0 Å². The molecule has 1 aliphatic carbocycles. The lowest BCUT2D eigenvalue weighted by atomic mass is 9.79. The zero-order valence-electron chi connectivity index (χ0n) is 12.9. The standard InChI is InChI=1S/C18H24N2S/c1-12-5-3-6-13(2)16(12)11-17(20-19)14-7-4-8-18-15(14)9-10-21-18/h3,5-6,9-10,14,17,20H,4,7-8,11,19H2,1-2H3. The fraction of sp³-hybridized carbons (Fsp3) is 0.444. The molecule has 21 heavy (non-hydrogen) atoms. The van der Waals surface area contributed by atoms with Crippen LogP contribution in [0.15, 0.2) is 29.6 Å². The summed E-state index contributed by atoms with van der Waals surface area (Å²) in [7, 11) is 0. The van der Waals surface area contributed by atoms with Crippen molar-refractivity contribution in [3.8, 4) is 0 Å². The molecule has 2 atom stereocenters. The molecule has 1 heterocycles. The maximum absolute atomic E-state index is 5.93. The second-order valence-electron chi connectivity index (χ2n) is 6.15. The number of hydrogen-bond acceptors (Lipinski definition) is 3. The van der Waals surface area contributed by atoms with Crippen LogP contribution in [-0.4, -0.2) is 6.04 Å². The van der Waals surface area contributed by atoms with E-state index in [-0.39, 0.29) is 0 Å². The van der Waals surface area contributed by atoms with Gasteiger partial charge in [-0.15, -0.1) is 11.3 Å². The summed E-state index contributed by atoms with van der Waals surface area (Å²) in [6.07, 6.45) is 4.77. The number of hydrazine groups is 1. The molecular weight excluding hydrogens is 276 g/mol. The highest BCUT2D eigenvalue weighted by molar-refractivity contribution is 7.10. The number of nitrogens with two attached hydrogens (primary N) is 1. The average Bonchev–Trinajstić information content (AvgIpc) is 2.96. The fourth-order valence-corrected chi connectivity index (χ4v) is 4.64. The van der Waals surface area contributed by atoms with Gasteiger partial charge >= 0.3 is 0 Å². The molecule has 0 fully saturated rings. The number of thiophene rings is 1. The lowest BCUT2D eigenvalue weighted by Gasteiger charge is -2.31. The van der Waals surface area contributed by atoms with E-state index in [0.29, 0.717) is 12.0 Å². The van der Waals surface area contributed by atoms with E-state index in [1.807, 2.05) is 11.3 Å². The molecular formula is C18H24N2S.